The summed E-state index contributed by atoms with van der Waals surface area (Å²) >= 11 is 0. The lowest BCUT2D eigenvalue weighted by Gasteiger charge is -1.94. The Bertz CT molecular complexity index is 620. The van der Waals surface area contributed by atoms with Gasteiger partial charge in [-0.25, -0.2) is 4.98 Å². The molecular weight excluding hydrogens is 204 g/mol. The molecule has 0 aliphatic heterocycles. The SMILES string of the molecule is Cn1ncc(-c2nc3ccccc3o2)c1N. The molecule has 2 aromatic heterocycles. The second-order valence-electron chi connectivity index (χ2n) is 3.55. The van der Waals surface area contributed by atoms with Crippen molar-refractivity contribution in [2.45, 2.75) is 0 Å². The van der Waals surface area contributed by atoms with Crippen molar-refractivity contribution in [3.05, 3.63) is 30.5 Å². The molecule has 80 valence electrons. The Morgan fingerprint density at radius 1 is 1.31 bits per heavy atom. The van der Waals surface area contributed by atoms with Crippen molar-refractivity contribution in [3.8, 4) is 11.5 Å². The number of nitrogens with zero attached hydrogens (tertiary/aromatic N) is 3. The Kier molecular flexibility index (Phi) is 1.73. The molecule has 3 aromatic rings. The number of hydrogen-bond donors (Lipinski definition) is 1. The molecule has 2 heterocycles. The average molecular weight is 214 g/mol. The molecule has 0 saturated heterocycles. The highest BCUT2D eigenvalue weighted by molar-refractivity contribution is 5.78. The van der Waals surface area contributed by atoms with Crippen LogP contribution in [0.1, 0.15) is 0 Å². The summed E-state index contributed by atoms with van der Waals surface area (Å²) in [6.07, 6.45) is 1.65. The third-order valence-corrected chi connectivity index (χ3v) is 2.51. The van der Waals surface area contributed by atoms with Crippen LogP contribution in [-0.4, -0.2) is 14.8 Å². The summed E-state index contributed by atoms with van der Waals surface area (Å²) < 4.78 is 7.19. The second kappa shape index (κ2) is 3.10. The summed E-state index contributed by atoms with van der Waals surface area (Å²) in [6.45, 7) is 0. The van der Waals surface area contributed by atoms with E-state index in [4.69, 9.17) is 10.2 Å². The van der Waals surface area contributed by atoms with Crippen LogP contribution in [0.15, 0.2) is 34.9 Å². The molecule has 0 spiro atoms. The average Bonchev–Trinajstić information content (AvgIpc) is 2.84. The predicted octanol–water partition coefficient (Wildman–Crippen LogP) is 1.81. The highest BCUT2D eigenvalue weighted by atomic mass is 16.3. The molecule has 1 aromatic carbocycles. The Morgan fingerprint density at radius 2 is 2.12 bits per heavy atom. The van der Waals surface area contributed by atoms with Gasteiger partial charge in [0.05, 0.1) is 11.8 Å². The summed E-state index contributed by atoms with van der Waals surface area (Å²) in [5.74, 6) is 1.05. The van der Waals surface area contributed by atoms with Crippen LogP contribution >= 0.6 is 0 Å². The van der Waals surface area contributed by atoms with Crippen LogP contribution in [0.25, 0.3) is 22.6 Å². The van der Waals surface area contributed by atoms with Crippen LogP contribution in [0.3, 0.4) is 0 Å². The molecule has 2 N–H and O–H groups in total. The van der Waals surface area contributed by atoms with Crippen molar-refractivity contribution in [1.29, 1.82) is 0 Å². The molecule has 5 heteroatoms. The molecule has 0 fully saturated rings. The van der Waals surface area contributed by atoms with E-state index in [1.165, 1.54) is 0 Å². The molecule has 0 amide bonds. The fourth-order valence-corrected chi connectivity index (χ4v) is 1.60. The number of nitrogens with two attached hydrogens (primary N) is 1. The molecule has 0 aliphatic rings. The van der Waals surface area contributed by atoms with Crippen molar-refractivity contribution < 1.29 is 4.42 Å². The van der Waals surface area contributed by atoms with Gasteiger partial charge in [-0.1, -0.05) is 12.1 Å². The van der Waals surface area contributed by atoms with Gasteiger partial charge in [-0.3, -0.25) is 4.68 Å². The van der Waals surface area contributed by atoms with E-state index < -0.39 is 0 Å². The Morgan fingerprint density at radius 3 is 2.81 bits per heavy atom. The number of para-hydroxylation sites is 2. The lowest BCUT2D eigenvalue weighted by atomic mass is 10.3. The topological polar surface area (TPSA) is 69.9 Å². The Balaban J connectivity index is 2.23. The van der Waals surface area contributed by atoms with Crippen LogP contribution in [-0.2, 0) is 7.05 Å². The van der Waals surface area contributed by atoms with Crippen LogP contribution in [0.5, 0.6) is 0 Å². The number of oxazole rings is 1. The maximum atomic E-state index is 5.86. The van der Waals surface area contributed by atoms with E-state index >= 15 is 0 Å². The van der Waals surface area contributed by atoms with E-state index in [-0.39, 0.29) is 0 Å². The van der Waals surface area contributed by atoms with Crippen LogP contribution < -0.4 is 5.73 Å². The van der Waals surface area contributed by atoms with Gasteiger partial charge in [0.15, 0.2) is 5.58 Å². The predicted molar refractivity (Wildman–Crippen MR) is 60.6 cm³/mol. The fourth-order valence-electron chi connectivity index (χ4n) is 1.60. The summed E-state index contributed by atoms with van der Waals surface area (Å²) in [4.78, 5) is 4.36. The van der Waals surface area contributed by atoms with E-state index in [0.29, 0.717) is 11.7 Å². The van der Waals surface area contributed by atoms with Gasteiger partial charge in [-0.15, -0.1) is 0 Å². The normalized spacial score (nSPS) is 11.1. The van der Waals surface area contributed by atoms with Crippen LogP contribution in [0.2, 0.25) is 0 Å². The number of benzene rings is 1. The van der Waals surface area contributed by atoms with E-state index in [1.54, 1.807) is 17.9 Å². The molecular formula is C11H10N4O. The maximum Gasteiger partial charge on any atom is 0.232 e. The fraction of sp³-hybridized carbons (Fsp3) is 0.0909. The summed E-state index contributed by atoms with van der Waals surface area (Å²) in [7, 11) is 1.78. The van der Waals surface area contributed by atoms with Crippen molar-refractivity contribution in [2.24, 2.45) is 7.05 Å². The lowest BCUT2D eigenvalue weighted by Crippen LogP contribution is -1.97. The zero-order chi connectivity index (χ0) is 11.1. The van der Waals surface area contributed by atoms with E-state index in [0.717, 1.165) is 16.7 Å². The maximum absolute atomic E-state index is 5.86. The summed E-state index contributed by atoms with van der Waals surface area (Å²) in [6, 6.07) is 7.60. The summed E-state index contributed by atoms with van der Waals surface area (Å²) in [5.41, 5.74) is 8.15. The van der Waals surface area contributed by atoms with Gasteiger partial charge < -0.3 is 10.2 Å². The molecule has 0 radical (unpaired) electrons. The number of hydrogen-bond acceptors (Lipinski definition) is 4. The number of aryl methyl sites for hydroxylation is 1. The quantitative estimate of drug-likeness (QED) is 0.670. The van der Waals surface area contributed by atoms with E-state index in [1.807, 2.05) is 24.3 Å². The lowest BCUT2D eigenvalue weighted by molar-refractivity contribution is 0.620. The first-order valence-electron chi connectivity index (χ1n) is 4.89. The minimum absolute atomic E-state index is 0.506. The van der Waals surface area contributed by atoms with Crippen molar-refractivity contribution in [3.63, 3.8) is 0 Å². The molecule has 3 rings (SSSR count). The number of aromatic nitrogens is 3. The Hall–Kier alpha value is -2.30. The van der Waals surface area contributed by atoms with Gasteiger partial charge in [-0.05, 0) is 12.1 Å². The first-order valence-corrected chi connectivity index (χ1v) is 4.89. The molecule has 16 heavy (non-hydrogen) atoms. The number of anilines is 1. The van der Waals surface area contributed by atoms with Crippen LogP contribution in [0, 0.1) is 0 Å². The number of fused-ring (bicyclic) bond motifs is 1. The molecule has 5 nitrogen and oxygen atoms in total. The zero-order valence-electron chi connectivity index (χ0n) is 8.71. The molecule has 0 bridgehead atoms. The van der Waals surface area contributed by atoms with Gasteiger partial charge in [-0.2, -0.15) is 5.10 Å². The Labute approximate surface area is 91.5 Å². The van der Waals surface area contributed by atoms with E-state index in [2.05, 4.69) is 10.1 Å². The van der Waals surface area contributed by atoms with Crippen molar-refractivity contribution in [2.75, 3.05) is 5.73 Å². The molecule has 0 unspecified atom stereocenters. The van der Waals surface area contributed by atoms with Gasteiger partial charge in [0.1, 0.15) is 11.3 Å². The minimum atomic E-state index is 0.506. The monoisotopic (exact) mass is 214 g/mol. The van der Waals surface area contributed by atoms with Gasteiger partial charge in [0.2, 0.25) is 5.89 Å². The summed E-state index contributed by atoms with van der Waals surface area (Å²) in [5, 5.41) is 4.05. The largest absolute Gasteiger partial charge is 0.436 e. The number of nitrogen functional groups attached to an aromatic ring is 1. The smallest absolute Gasteiger partial charge is 0.232 e. The molecule has 0 saturated carbocycles. The van der Waals surface area contributed by atoms with Gasteiger partial charge in [0.25, 0.3) is 0 Å². The first kappa shape index (κ1) is 8.96. The zero-order valence-corrected chi connectivity index (χ0v) is 8.71. The number of rotatable bonds is 1. The third kappa shape index (κ3) is 1.18. The highest BCUT2D eigenvalue weighted by Crippen LogP contribution is 2.27. The van der Waals surface area contributed by atoms with E-state index in [9.17, 15) is 0 Å². The van der Waals surface area contributed by atoms with Gasteiger partial charge in [0, 0.05) is 7.05 Å². The second-order valence-corrected chi connectivity index (χ2v) is 3.55. The van der Waals surface area contributed by atoms with Crippen LogP contribution in [0.4, 0.5) is 5.82 Å². The van der Waals surface area contributed by atoms with Crippen molar-refractivity contribution in [1.82, 2.24) is 14.8 Å². The highest BCUT2D eigenvalue weighted by Gasteiger charge is 2.13. The van der Waals surface area contributed by atoms with Gasteiger partial charge >= 0.3 is 0 Å². The van der Waals surface area contributed by atoms with Crippen molar-refractivity contribution >= 4 is 16.9 Å². The third-order valence-electron chi connectivity index (χ3n) is 2.51. The first-order chi connectivity index (χ1) is 7.75. The molecule has 0 atom stereocenters. The minimum Gasteiger partial charge on any atom is -0.436 e. The molecule has 0 aliphatic carbocycles. The standard InChI is InChI=1S/C11H10N4O/c1-15-10(12)7(6-13-15)11-14-8-4-2-3-5-9(8)16-11/h2-6H,12H2,1H3.